The van der Waals surface area contributed by atoms with Gasteiger partial charge in [0.05, 0.1) is 16.6 Å². The van der Waals surface area contributed by atoms with Gasteiger partial charge in [-0.1, -0.05) is 6.92 Å². The van der Waals surface area contributed by atoms with Crippen LogP contribution in [0.2, 0.25) is 0 Å². The summed E-state index contributed by atoms with van der Waals surface area (Å²) in [5, 5.41) is 0.972. The van der Waals surface area contributed by atoms with Crippen LogP contribution in [0.25, 0.3) is 0 Å². The van der Waals surface area contributed by atoms with Crippen LogP contribution in [0.15, 0.2) is 0 Å². The van der Waals surface area contributed by atoms with Crippen LogP contribution in [0.3, 0.4) is 0 Å². The van der Waals surface area contributed by atoms with Crippen molar-refractivity contribution >= 4 is 47.0 Å². The Kier molecular flexibility index (Phi) is 8.91. The SMILES string of the molecule is CC1CCC(CCC2CSC(CCC3COC(C)SC3)SC2)SC1. The lowest BCUT2D eigenvalue weighted by molar-refractivity contribution is 0.0834. The van der Waals surface area contributed by atoms with Gasteiger partial charge in [-0.25, -0.2) is 0 Å². The molecule has 4 unspecified atom stereocenters. The molecular formula is C19H34OS4. The molecule has 3 fully saturated rings. The first-order chi connectivity index (χ1) is 11.7. The van der Waals surface area contributed by atoms with E-state index in [1.165, 1.54) is 61.5 Å². The van der Waals surface area contributed by atoms with Crippen LogP contribution in [-0.2, 0) is 4.74 Å². The summed E-state index contributed by atoms with van der Waals surface area (Å²) in [6, 6.07) is 0. The molecule has 3 aliphatic heterocycles. The fourth-order valence-corrected chi connectivity index (χ4v) is 9.19. The predicted molar refractivity (Wildman–Crippen MR) is 117 cm³/mol. The second-order valence-corrected chi connectivity index (χ2v) is 13.3. The third-order valence-corrected chi connectivity index (χ3v) is 11.8. The Labute approximate surface area is 166 Å². The Hall–Kier alpha value is 1.36. The van der Waals surface area contributed by atoms with Crippen LogP contribution in [0.4, 0.5) is 0 Å². The van der Waals surface area contributed by atoms with E-state index in [-0.39, 0.29) is 0 Å². The molecule has 0 bridgehead atoms. The minimum atomic E-state index is 0.422. The summed E-state index contributed by atoms with van der Waals surface area (Å²) in [5.41, 5.74) is 0.422. The van der Waals surface area contributed by atoms with E-state index in [1.54, 1.807) is 0 Å². The number of hydrogen-bond acceptors (Lipinski definition) is 5. The molecule has 0 aliphatic carbocycles. The van der Waals surface area contributed by atoms with Crippen LogP contribution in [0, 0.1) is 17.8 Å². The second-order valence-electron chi connectivity index (χ2n) is 7.86. The van der Waals surface area contributed by atoms with E-state index in [0.717, 1.165) is 34.2 Å². The molecule has 24 heavy (non-hydrogen) atoms. The number of ether oxygens (including phenoxy) is 1. The molecule has 3 rings (SSSR count). The van der Waals surface area contributed by atoms with Crippen molar-refractivity contribution in [2.45, 2.75) is 67.6 Å². The molecule has 0 aromatic carbocycles. The molecule has 0 radical (unpaired) electrons. The lowest BCUT2D eigenvalue weighted by atomic mass is 10.00. The van der Waals surface area contributed by atoms with Gasteiger partial charge in [0.15, 0.2) is 0 Å². The highest BCUT2D eigenvalue weighted by Gasteiger charge is 2.26. The van der Waals surface area contributed by atoms with Crippen molar-refractivity contribution in [3.8, 4) is 0 Å². The average Bonchev–Trinajstić information content (AvgIpc) is 2.62. The van der Waals surface area contributed by atoms with Crippen molar-refractivity contribution in [3.63, 3.8) is 0 Å². The highest BCUT2D eigenvalue weighted by molar-refractivity contribution is 8.17. The molecular weight excluding hydrogens is 372 g/mol. The lowest BCUT2D eigenvalue weighted by Crippen LogP contribution is -2.25. The fraction of sp³-hybridized carbons (Fsp3) is 1.00. The molecule has 0 amide bonds. The minimum absolute atomic E-state index is 0.422. The summed E-state index contributed by atoms with van der Waals surface area (Å²) in [6.07, 6.45) is 8.65. The summed E-state index contributed by atoms with van der Waals surface area (Å²) >= 11 is 8.76. The van der Waals surface area contributed by atoms with E-state index in [9.17, 15) is 0 Å². The molecule has 0 N–H and O–H groups in total. The molecule has 0 aromatic heterocycles. The summed E-state index contributed by atoms with van der Waals surface area (Å²) < 4.78 is 6.65. The fourth-order valence-electron chi connectivity index (χ4n) is 3.68. The van der Waals surface area contributed by atoms with Crippen LogP contribution in [0.1, 0.15) is 52.4 Å². The van der Waals surface area contributed by atoms with Gasteiger partial charge in [0.2, 0.25) is 0 Å². The third kappa shape index (κ3) is 6.83. The number of hydrogen-bond donors (Lipinski definition) is 0. The largest absolute Gasteiger partial charge is 0.368 e. The molecule has 5 heteroatoms. The zero-order chi connectivity index (χ0) is 16.8. The van der Waals surface area contributed by atoms with Gasteiger partial charge < -0.3 is 4.74 Å². The van der Waals surface area contributed by atoms with Gasteiger partial charge >= 0.3 is 0 Å². The van der Waals surface area contributed by atoms with Gasteiger partial charge in [-0.05, 0) is 80.5 Å². The van der Waals surface area contributed by atoms with Gasteiger partial charge in [-0.3, -0.25) is 0 Å². The zero-order valence-corrected chi connectivity index (χ0v) is 18.5. The van der Waals surface area contributed by atoms with Crippen LogP contribution < -0.4 is 0 Å². The maximum absolute atomic E-state index is 5.79. The molecule has 3 heterocycles. The van der Waals surface area contributed by atoms with Crippen LogP contribution in [0.5, 0.6) is 0 Å². The van der Waals surface area contributed by atoms with Gasteiger partial charge in [-0.2, -0.15) is 11.8 Å². The van der Waals surface area contributed by atoms with Crippen LogP contribution >= 0.6 is 47.0 Å². The predicted octanol–water partition coefficient (Wildman–Crippen LogP) is 6.23. The number of rotatable bonds is 6. The maximum atomic E-state index is 5.79. The quantitative estimate of drug-likeness (QED) is 0.515. The summed E-state index contributed by atoms with van der Waals surface area (Å²) in [6.45, 7) is 5.59. The smallest absolute Gasteiger partial charge is 0.0999 e. The molecule has 1 nitrogen and oxygen atoms in total. The first kappa shape index (κ1) is 20.1. The van der Waals surface area contributed by atoms with Gasteiger partial charge in [0, 0.05) is 11.0 Å². The van der Waals surface area contributed by atoms with Crippen molar-refractivity contribution in [2.24, 2.45) is 17.8 Å². The van der Waals surface area contributed by atoms with Gasteiger partial charge in [0.25, 0.3) is 0 Å². The van der Waals surface area contributed by atoms with Gasteiger partial charge in [0.1, 0.15) is 0 Å². The van der Waals surface area contributed by atoms with E-state index in [0.29, 0.717) is 5.44 Å². The highest BCUT2D eigenvalue weighted by atomic mass is 32.2. The molecule has 4 atom stereocenters. The van der Waals surface area contributed by atoms with Crippen molar-refractivity contribution < 1.29 is 4.74 Å². The van der Waals surface area contributed by atoms with Gasteiger partial charge in [-0.15, -0.1) is 35.3 Å². The summed E-state index contributed by atoms with van der Waals surface area (Å²) in [4.78, 5) is 0. The zero-order valence-electron chi connectivity index (χ0n) is 15.3. The Balaban J connectivity index is 1.24. The highest BCUT2D eigenvalue weighted by Crippen LogP contribution is 2.40. The molecule has 3 aliphatic rings. The normalized spacial score (nSPS) is 41.2. The molecule has 0 spiro atoms. The van der Waals surface area contributed by atoms with Crippen molar-refractivity contribution in [1.82, 2.24) is 0 Å². The Morgan fingerprint density at radius 1 is 0.750 bits per heavy atom. The van der Waals surface area contributed by atoms with E-state index in [1.807, 2.05) is 11.8 Å². The standard InChI is InChI=1S/C19H34OS4/c1-14-3-6-18(22-10-14)7-4-17-12-23-19(24-13-17)8-5-16-9-20-15(2)21-11-16/h14-19H,3-13H2,1-2H3. The van der Waals surface area contributed by atoms with E-state index >= 15 is 0 Å². The van der Waals surface area contributed by atoms with Crippen molar-refractivity contribution in [2.75, 3.05) is 29.6 Å². The summed E-state index contributed by atoms with van der Waals surface area (Å²) in [5.74, 6) is 8.29. The first-order valence-corrected chi connectivity index (χ1v) is 14.0. The van der Waals surface area contributed by atoms with Crippen LogP contribution in [-0.4, -0.2) is 44.9 Å². The minimum Gasteiger partial charge on any atom is -0.368 e. The molecule has 0 saturated carbocycles. The molecule has 0 aromatic rings. The Morgan fingerprint density at radius 2 is 1.50 bits per heavy atom. The average molecular weight is 407 g/mol. The first-order valence-electron chi connectivity index (χ1n) is 9.77. The molecule has 3 saturated heterocycles. The van der Waals surface area contributed by atoms with E-state index in [4.69, 9.17) is 4.74 Å². The second kappa shape index (κ2) is 10.6. The third-order valence-electron chi connectivity index (χ3n) is 5.47. The van der Waals surface area contributed by atoms with Crippen molar-refractivity contribution in [1.29, 1.82) is 0 Å². The Bertz CT molecular complexity index is 309. The molecule has 140 valence electrons. The maximum Gasteiger partial charge on any atom is 0.0999 e. The van der Waals surface area contributed by atoms with Crippen molar-refractivity contribution in [3.05, 3.63) is 0 Å². The number of thioether (sulfide) groups is 4. The van der Waals surface area contributed by atoms with E-state index < -0.39 is 0 Å². The Morgan fingerprint density at radius 3 is 2.17 bits per heavy atom. The van der Waals surface area contributed by atoms with E-state index in [2.05, 4.69) is 49.1 Å². The topological polar surface area (TPSA) is 9.23 Å². The lowest BCUT2D eigenvalue weighted by Gasteiger charge is -2.32. The monoisotopic (exact) mass is 406 g/mol. The summed E-state index contributed by atoms with van der Waals surface area (Å²) in [7, 11) is 0.